The Labute approximate surface area is 211 Å². The van der Waals surface area contributed by atoms with Crippen molar-refractivity contribution in [1.29, 1.82) is 0 Å². The van der Waals surface area contributed by atoms with E-state index >= 15 is 0 Å². The van der Waals surface area contributed by atoms with Crippen LogP contribution in [0.4, 0.5) is 5.82 Å². The Hall–Kier alpha value is -4.45. The number of carbonyl (C=O) groups is 1. The van der Waals surface area contributed by atoms with Crippen molar-refractivity contribution in [2.75, 3.05) is 5.32 Å². The van der Waals surface area contributed by atoms with E-state index in [1.165, 1.54) is 0 Å². The predicted octanol–water partition coefficient (Wildman–Crippen LogP) is 6.03. The fourth-order valence-corrected chi connectivity index (χ4v) is 4.07. The normalized spacial score (nSPS) is 11.7. The summed E-state index contributed by atoms with van der Waals surface area (Å²) >= 11 is 0. The van der Waals surface area contributed by atoms with Crippen molar-refractivity contribution in [2.45, 2.75) is 33.1 Å². The van der Waals surface area contributed by atoms with Gasteiger partial charge >= 0.3 is 0 Å². The largest absolute Gasteiger partial charge is 0.508 e. The molecule has 0 spiro atoms. The summed E-state index contributed by atoms with van der Waals surface area (Å²) in [6, 6.07) is 21.7. The first kappa shape index (κ1) is 24.7. The van der Waals surface area contributed by atoms with Crippen LogP contribution >= 0.6 is 0 Å². The molecule has 0 bridgehead atoms. The number of fused-ring (bicyclic) bond motifs is 3. The maximum atomic E-state index is 12.8. The molecule has 0 unspecified atom stereocenters. The van der Waals surface area contributed by atoms with Gasteiger partial charge in [0, 0.05) is 5.56 Å². The summed E-state index contributed by atoms with van der Waals surface area (Å²) in [6.45, 7) is 4.00. The first-order valence-electron chi connectivity index (χ1n) is 12.1. The molecule has 1 heterocycles. The number of nitrogens with zero attached hydrogens (tertiary/aromatic N) is 2. The third-order valence-corrected chi connectivity index (χ3v) is 5.76. The summed E-state index contributed by atoms with van der Waals surface area (Å²) in [6.07, 6.45) is 5.36. The van der Waals surface area contributed by atoms with Crippen molar-refractivity contribution < 1.29 is 15.0 Å². The number of carbonyl (C=O) groups excluding carboxylic acids is 1. The highest BCUT2D eigenvalue weighted by Gasteiger charge is 2.22. The van der Waals surface area contributed by atoms with Crippen LogP contribution in [0.1, 0.15) is 41.9 Å². The standard InChI is InChI=1S/C28H23N3O3.C2H6/c32-21-10-6-19(7-11-21)16-26(34)31-28-25(14-8-18-4-2-1-3-5-18)29-27-23-13-12-22(33)17-20(23)9-15-24(27)30-28;1-2/h1-8,10-14,17,32-33H,9,15-16H2,(H,30,31,34);1-2H3/b14-8+;. The Morgan fingerprint density at radius 3 is 2.36 bits per heavy atom. The van der Waals surface area contributed by atoms with Crippen LogP contribution in [0.2, 0.25) is 0 Å². The van der Waals surface area contributed by atoms with Gasteiger partial charge in [-0.15, -0.1) is 0 Å². The van der Waals surface area contributed by atoms with Crippen LogP contribution in [0.25, 0.3) is 23.4 Å². The molecule has 3 N–H and O–H groups in total. The van der Waals surface area contributed by atoms with Gasteiger partial charge in [-0.1, -0.05) is 62.4 Å². The monoisotopic (exact) mass is 479 g/mol. The molecular weight excluding hydrogens is 450 g/mol. The van der Waals surface area contributed by atoms with E-state index in [9.17, 15) is 15.0 Å². The highest BCUT2D eigenvalue weighted by Crippen LogP contribution is 2.35. The number of rotatable bonds is 5. The van der Waals surface area contributed by atoms with Crippen molar-refractivity contribution in [3.8, 4) is 22.8 Å². The maximum absolute atomic E-state index is 12.8. The smallest absolute Gasteiger partial charge is 0.230 e. The summed E-state index contributed by atoms with van der Waals surface area (Å²) in [5.74, 6) is 0.594. The molecule has 1 aromatic heterocycles. The molecule has 0 atom stereocenters. The minimum absolute atomic E-state index is 0.156. The molecule has 0 saturated carbocycles. The Bertz CT molecular complexity index is 1380. The first-order valence-corrected chi connectivity index (χ1v) is 12.1. The molecule has 1 amide bonds. The Kier molecular flexibility index (Phi) is 7.75. The average Bonchev–Trinajstić information content (AvgIpc) is 2.90. The van der Waals surface area contributed by atoms with Crippen molar-refractivity contribution in [3.05, 3.63) is 101 Å². The zero-order chi connectivity index (χ0) is 25.5. The van der Waals surface area contributed by atoms with Gasteiger partial charge in [-0.3, -0.25) is 4.79 Å². The molecule has 1 aliphatic rings. The second kappa shape index (κ2) is 11.3. The SMILES string of the molecule is CC.O=C(Cc1ccc(O)cc1)Nc1nc2c(nc1/C=C/c1ccccc1)-c1ccc(O)cc1CC2. The third-order valence-electron chi connectivity index (χ3n) is 5.76. The van der Waals surface area contributed by atoms with Crippen LogP contribution in [-0.4, -0.2) is 26.1 Å². The van der Waals surface area contributed by atoms with Crippen molar-refractivity contribution >= 4 is 23.9 Å². The lowest BCUT2D eigenvalue weighted by Crippen LogP contribution is -2.19. The van der Waals surface area contributed by atoms with Crippen LogP contribution in [0.3, 0.4) is 0 Å². The van der Waals surface area contributed by atoms with Gasteiger partial charge in [0.15, 0.2) is 5.82 Å². The van der Waals surface area contributed by atoms with Crippen molar-refractivity contribution in [3.63, 3.8) is 0 Å². The summed E-state index contributed by atoms with van der Waals surface area (Å²) in [7, 11) is 0. The number of nitrogens with one attached hydrogen (secondary N) is 1. The van der Waals surface area contributed by atoms with E-state index < -0.39 is 0 Å². The van der Waals surface area contributed by atoms with Gasteiger partial charge in [0.1, 0.15) is 17.2 Å². The minimum atomic E-state index is -0.213. The minimum Gasteiger partial charge on any atom is -0.508 e. The van der Waals surface area contributed by atoms with Gasteiger partial charge in [0.25, 0.3) is 0 Å². The number of amides is 1. The van der Waals surface area contributed by atoms with E-state index in [0.29, 0.717) is 17.9 Å². The molecular formula is C30H29N3O3. The zero-order valence-electron chi connectivity index (χ0n) is 20.4. The van der Waals surface area contributed by atoms with Crippen LogP contribution in [0, 0.1) is 0 Å². The number of hydrogen-bond donors (Lipinski definition) is 3. The second-order valence-corrected chi connectivity index (χ2v) is 8.23. The second-order valence-electron chi connectivity index (χ2n) is 8.23. The molecule has 0 saturated heterocycles. The number of phenolic OH excluding ortho intramolecular Hbond substituents is 2. The van der Waals surface area contributed by atoms with Gasteiger partial charge in [-0.25, -0.2) is 9.97 Å². The van der Waals surface area contributed by atoms with Crippen LogP contribution in [-0.2, 0) is 24.1 Å². The molecule has 6 nitrogen and oxygen atoms in total. The average molecular weight is 480 g/mol. The van der Waals surface area contributed by atoms with Crippen LogP contribution in [0.5, 0.6) is 11.5 Å². The predicted molar refractivity (Wildman–Crippen MR) is 144 cm³/mol. The summed E-state index contributed by atoms with van der Waals surface area (Å²) in [5.41, 5.74) is 5.92. The number of phenols is 2. The van der Waals surface area contributed by atoms with E-state index in [1.807, 2.05) is 62.4 Å². The number of aryl methyl sites for hydroxylation is 2. The fraction of sp³-hybridized carbons (Fsp3) is 0.167. The molecule has 1 aliphatic carbocycles. The summed E-state index contributed by atoms with van der Waals surface area (Å²) < 4.78 is 0. The molecule has 5 rings (SSSR count). The lowest BCUT2D eigenvalue weighted by atomic mass is 9.91. The maximum Gasteiger partial charge on any atom is 0.230 e. The molecule has 3 aromatic carbocycles. The number of anilines is 1. The summed E-state index contributed by atoms with van der Waals surface area (Å²) in [5, 5.41) is 22.3. The topological polar surface area (TPSA) is 95.3 Å². The number of hydrogen-bond acceptors (Lipinski definition) is 5. The van der Waals surface area contributed by atoms with E-state index in [0.717, 1.165) is 40.1 Å². The number of benzene rings is 3. The van der Waals surface area contributed by atoms with Crippen LogP contribution in [0.15, 0.2) is 72.8 Å². The molecule has 182 valence electrons. The number of aromatic nitrogens is 2. The lowest BCUT2D eigenvalue weighted by Gasteiger charge is -2.20. The first-order chi connectivity index (χ1) is 17.5. The van der Waals surface area contributed by atoms with Crippen LogP contribution < -0.4 is 5.32 Å². The Morgan fingerprint density at radius 2 is 1.61 bits per heavy atom. The highest BCUT2D eigenvalue weighted by atomic mass is 16.3. The van der Waals surface area contributed by atoms with E-state index in [2.05, 4.69) is 5.32 Å². The Balaban J connectivity index is 0.00000148. The zero-order valence-corrected chi connectivity index (χ0v) is 20.4. The highest BCUT2D eigenvalue weighted by molar-refractivity contribution is 5.94. The quantitative estimate of drug-likeness (QED) is 0.325. The molecule has 36 heavy (non-hydrogen) atoms. The fourth-order valence-electron chi connectivity index (χ4n) is 4.07. The van der Waals surface area contributed by atoms with Gasteiger partial charge in [-0.2, -0.15) is 0 Å². The van der Waals surface area contributed by atoms with E-state index in [-0.39, 0.29) is 23.8 Å². The van der Waals surface area contributed by atoms with Gasteiger partial charge in [0.05, 0.1) is 17.8 Å². The van der Waals surface area contributed by atoms with Gasteiger partial charge < -0.3 is 15.5 Å². The molecule has 0 aliphatic heterocycles. The lowest BCUT2D eigenvalue weighted by molar-refractivity contribution is -0.115. The van der Waals surface area contributed by atoms with Crippen molar-refractivity contribution in [2.24, 2.45) is 0 Å². The third kappa shape index (κ3) is 5.78. The molecule has 0 radical (unpaired) electrons. The van der Waals surface area contributed by atoms with E-state index in [4.69, 9.17) is 9.97 Å². The van der Waals surface area contributed by atoms with Gasteiger partial charge in [-0.05, 0) is 65.9 Å². The summed E-state index contributed by atoms with van der Waals surface area (Å²) in [4.78, 5) is 22.5. The number of aromatic hydroxyl groups is 2. The Morgan fingerprint density at radius 1 is 0.889 bits per heavy atom. The molecule has 0 fully saturated rings. The van der Waals surface area contributed by atoms with Crippen molar-refractivity contribution in [1.82, 2.24) is 9.97 Å². The molecule has 4 aromatic rings. The van der Waals surface area contributed by atoms with Gasteiger partial charge in [0.2, 0.25) is 5.91 Å². The van der Waals surface area contributed by atoms with E-state index in [1.54, 1.807) is 36.4 Å². The molecule has 6 heteroatoms.